The average molecular weight is 212 g/mol. The van der Waals surface area contributed by atoms with E-state index in [2.05, 4.69) is 4.74 Å². The Morgan fingerprint density at radius 1 is 1.47 bits per heavy atom. The Morgan fingerprint density at radius 3 is 2.67 bits per heavy atom. The predicted octanol–water partition coefficient (Wildman–Crippen LogP) is 1.24. The van der Waals surface area contributed by atoms with Gasteiger partial charge in [0, 0.05) is 0 Å². The maximum Gasteiger partial charge on any atom is 0.338 e. The van der Waals surface area contributed by atoms with Crippen molar-refractivity contribution in [1.82, 2.24) is 0 Å². The highest BCUT2D eigenvalue weighted by atomic mass is 19.1. The molecule has 0 bridgehead atoms. The smallest absolute Gasteiger partial charge is 0.338 e. The minimum Gasteiger partial charge on any atom is -0.478 e. The lowest BCUT2D eigenvalue weighted by Crippen LogP contribution is -2.09. The van der Waals surface area contributed by atoms with Crippen molar-refractivity contribution >= 4 is 11.9 Å². The molecule has 0 amide bonds. The topological polar surface area (TPSA) is 63.6 Å². The van der Waals surface area contributed by atoms with Gasteiger partial charge >= 0.3 is 11.9 Å². The lowest BCUT2D eigenvalue weighted by Gasteiger charge is -2.04. The Balaban J connectivity index is 3.04. The third-order valence-electron chi connectivity index (χ3n) is 1.87. The van der Waals surface area contributed by atoms with Crippen molar-refractivity contribution in [2.45, 2.75) is 6.42 Å². The fourth-order valence-corrected chi connectivity index (χ4v) is 1.11. The quantitative estimate of drug-likeness (QED) is 0.765. The molecule has 5 heteroatoms. The van der Waals surface area contributed by atoms with Gasteiger partial charge in [-0.3, -0.25) is 4.79 Å². The fourth-order valence-electron chi connectivity index (χ4n) is 1.11. The number of esters is 1. The monoisotopic (exact) mass is 212 g/mol. The molecule has 0 aliphatic carbocycles. The lowest BCUT2D eigenvalue weighted by molar-refractivity contribution is -0.139. The van der Waals surface area contributed by atoms with Crippen LogP contribution in [0.1, 0.15) is 15.9 Å². The third-order valence-corrected chi connectivity index (χ3v) is 1.87. The zero-order chi connectivity index (χ0) is 11.4. The van der Waals surface area contributed by atoms with Gasteiger partial charge in [0.25, 0.3) is 0 Å². The molecular weight excluding hydrogens is 203 g/mol. The van der Waals surface area contributed by atoms with Crippen LogP contribution in [0, 0.1) is 5.82 Å². The summed E-state index contributed by atoms with van der Waals surface area (Å²) in [5, 5.41) is 8.63. The molecule has 1 rings (SSSR count). The molecule has 1 aromatic carbocycles. The summed E-state index contributed by atoms with van der Waals surface area (Å²) in [5.74, 6) is -2.87. The molecule has 0 fully saturated rings. The van der Waals surface area contributed by atoms with Crippen molar-refractivity contribution in [3.63, 3.8) is 0 Å². The van der Waals surface area contributed by atoms with Gasteiger partial charge in [-0.2, -0.15) is 0 Å². The van der Waals surface area contributed by atoms with E-state index in [-0.39, 0.29) is 12.0 Å². The van der Waals surface area contributed by atoms with E-state index in [1.165, 1.54) is 19.2 Å². The highest BCUT2D eigenvalue weighted by Gasteiger charge is 2.15. The van der Waals surface area contributed by atoms with Crippen LogP contribution in [0.15, 0.2) is 18.2 Å². The zero-order valence-corrected chi connectivity index (χ0v) is 7.99. The largest absolute Gasteiger partial charge is 0.478 e. The van der Waals surface area contributed by atoms with E-state index in [1.807, 2.05) is 0 Å². The van der Waals surface area contributed by atoms with Crippen LogP contribution in [-0.4, -0.2) is 24.2 Å². The van der Waals surface area contributed by atoms with E-state index < -0.39 is 23.3 Å². The summed E-state index contributed by atoms with van der Waals surface area (Å²) in [4.78, 5) is 21.5. The number of halogens is 1. The molecule has 1 aromatic rings. The SMILES string of the molecule is COC(=O)Cc1cccc(C(=O)O)c1F. The van der Waals surface area contributed by atoms with Gasteiger partial charge in [-0.15, -0.1) is 0 Å². The highest BCUT2D eigenvalue weighted by Crippen LogP contribution is 2.13. The van der Waals surface area contributed by atoms with E-state index in [1.54, 1.807) is 0 Å². The number of carbonyl (C=O) groups is 2. The highest BCUT2D eigenvalue weighted by molar-refractivity contribution is 5.88. The van der Waals surface area contributed by atoms with Gasteiger partial charge in [0.2, 0.25) is 0 Å². The Bertz CT molecular complexity index is 400. The summed E-state index contributed by atoms with van der Waals surface area (Å²) in [7, 11) is 1.18. The second-order valence-corrected chi connectivity index (χ2v) is 2.84. The summed E-state index contributed by atoms with van der Waals surface area (Å²) in [6.07, 6.45) is -0.274. The van der Waals surface area contributed by atoms with Gasteiger partial charge < -0.3 is 9.84 Å². The van der Waals surface area contributed by atoms with Gasteiger partial charge in [0.1, 0.15) is 5.82 Å². The van der Waals surface area contributed by atoms with Crippen LogP contribution in [-0.2, 0) is 16.0 Å². The molecule has 0 aliphatic rings. The minimum atomic E-state index is -1.36. The zero-order valence-electron chi connectivity index (χ0n) is 7.99. The number of carboxylic acids is 1. The molecule has 0 saturated heterocycles. The standard InChI is InChI=1S/C10H9FO4/c1-15-8(12)5-6-3-2-4-7(9(6)11)10(13)14/h2-4H,5H2,1H3,(H,13,14). The van der Waals surface area contributed by atoms with E-state index in [0.29, 0.717) is 0 Å². The first-order chi connectivity index (χ1) is 7.06. The number of rotatable bonds is 3. The summed E-state index contributed by atoms with van der Waals surface area (Å²) < 4.78 is 17.8. The van der Waals surface area contributed by atoms with Crippen molar-refractivity contribution in [2.75, 3.05) is 7.11 Å². The van der Waals surface area contributed by atoms with E-state index in [9.17, 15) is 14.0 Å². The van der Waals surface area contributed by atoms with E-state index in [0.717, 1.165) is 6.07 Å². The van der Waals surface area contributed by atoms with Crippen molar-refractivity contribution in [1.29, 1.82) is 0 Å². The fraction of sp³-hybridized carbons (Fsp3) is 0.200. The average Bonchev–Trinajstić information content (AvgIpc) is 2.20. The van der Waals surface area contributed by atoms with Crippen molar-refractivity contribution in [2.24, 2.45) is 0 Å². The lowest BCUT2D eigenvalue weighted by atomic mass is 10.1. The number of methoxy groups -OCH3 is 1. The van der Waals surface area contributed by atoms with Gasteiger partial charge in [-0.25, -0.2) is 9.18 Å². The van der Waals surface area contributed by atoms with Crippen LogP contribution in [0.4, 0.5) is 4.39 Å². The van der Waals surface area contributed by atoms with E-state index >= 15 is 0 Å². The molecule has 0 radical (unpaired) electrons. The summed E-state index contributed by atoms with van der Waals surface area (Å²) in [6.45, 7) is 0. The summed E-state index contributed by atoms with van der Waals surface area (Å²) in [5.41, 5.74) is -0.432. The Kier molecular flexibility index (Phi) is 3.38. The molecule has 4 nitrogen and oxygen atoms in total. The van der Waals surface area contributed by atoms with Gasteiger partial charge in [-0.05, 0) is 11.6 Å². The van der Waals surface area contributed by atoms with Gasteiger partial charge in [0.05, 0.1) is 19.1 Å². The van der Waals surface area contributed by atoms with E-state index in [4.69, 9.17) is 5.11 Å². The van der Waals surface area contributed by atoms with Crippen LogP contribution in [0.2, 0.25) is 0 Å². The van der Waals surface area contributed by atoms with Crippen LogP contribution >= 0.6 is 0 Å². The number of benzene rings is 1. The number of hydrogen-bond donors (Lipinski definition) is 1. The Hall–Kier alpha value is -1.91. The van der Waals surface area contributed by atoms with Gasteiger partial charge in [-0.1, -0.05) is 12.1 Å². The molecule has 80 valence electrons. The molecule has 0 aliphatic heterocycles. The summed E-state index contributed by atoms with van der Waals surface area (Å²) in [6, 6.07) is 3.86. The van der Waals surface area contributed by atoms with Crippen LogP contribution < -0.4 is 0 Å². The number of ether oxygens (including phenoxy) is 1. The first-order valence-electron chi connectivity index (χ1n) is 4.13. The second-order valence-electron chi connectivity index (χ2n) is 2.84. The maximum absolute atomic E-state index is 13.4. The molecule has 0 heterocycles. The molecular formula is C10H9FO4. The van der Waals surface area contributed by atoms with Crippen molar-refractivity contribution in [3.05, 3.63) is 35.1 Å². The molecule has 0 spiro atoms. The number of hydrogen-bond acceptors (Lipinski definition) is 3. The molecule has 1 N–H and O–H groups in total. The molecule has 0 unspecified atom stereocenters. The molecule has 0 atom stereocenters. The number of carboxylic acid groups (broad SMARTS) is 1. The maximum atomic E-state index is 13.4. The molecule has 0 saturated carbocycles. The minimum absolute atomic E-state index is 0.0155. The second kappa shape index (κ2) is 4.54. The molecule has 0 aromatic heterocycles. The third kappa shape index (κ3) is 2.52. The first-order valence-corrected chi connectivity index (χ1v) is 4.13. The number of carbonyl (C=O) groups excluding carboxylic acids is 1. The van der Waals surface area contributed by atoms with Gasteiger partial charge in [0.15, 0.2) is 0 Å². The number of aromatic carboxylic acids is 1. The first kappa shape index (κ1) is 11.2. The Morgan fingerprint density at radius 2 is 2.13 bits per heavy atom. The van der Waals surface area contributed by atoms with Crippen LogP contribution in [0.5, 0.6) is 0 Å². The Labute approximate surface area is 85.3 Å². The predicted molar refractivity (Wildman–Crippen MR) is 49.1 cm³/mol. The molecule has 15 heavy (non-hydrogen) atoms. The van der Waals surface area contributed by atoms with Crippen LogP contribution in [0.3, 0.4) is 0 Å². The van der Waals surface area contributed by atoms with Crippen LogP contribution in [0.25, 0.3) is 0 Å². The summed E-state index contributed by atoms with van der Waals surface area (Å²) >= 11 is 0. The van der Waals surface area contributed by atoms with Crippen molar-refractivity contribution < 1.29 is 23.8 Å². The van der Waals surface area contributed by atoms with Crippen molar-refractivity contribution in [3.8, 4) is 0 Å². The normalized spacial score (nSPS) is 9.73.